The molecular weight excluding hydrogens is 284 g/mol. The van der Waals surface area contributed by atoms with E-state index in [1.165, 1.54) is 0 Å². The third-order valence-corrected chi connectivity index (χ3v) is 3.10. The van der Waals surface area contributed by atoms with Gasteiger partial charge in [0.1, 0.15) is 16.6 Å². The van der Waals surface area contributed by atoms with Crippen LogP contribution in [0.1, 0.15) is 26.5 Å². The zero-order chi connectivity index (χ0) is 12.6. The lowest BCUT2D eigenvalue weighted by Crippen LogP contribution is -2.22. The number of aromatic amines is 1. The first kappa shape index (κ1) is 12.1. The van der Waals surface area contributed by atoms with Crippen LogP contribution in [-0.2, 0) is 5.41 Å². The third kappa shape index (κ3) is 2.34. The molecule has 4 nitrogen and oxygen atoms in total. The smallest absolute Gasteiger partial charge is 0.265 e. The zero-order valence-corrected chi connectivity index (χ0v) is 11.5. The van der Waals surface area contributed by atoms with Gasteiger partial charge >= 0.3 is 0 Å². The highest BCUT2D eigenvalue weighted by Gasteiger charge is 2.22. The molecule has 0 aliphatic rings. The van der Waals surface area contributed by atoms with E-state index in [4.69, 9.17) is 4.42 Å². The molecule has 0 aromatic carbocycles. The summed E-state index contributed by atoms with van der Waals surface area (Å²) in [6.07, 6.45) is 3.10. The van der Waals surface area contributed by atoms with E-state index in [1.807, 2.05) is 20.8 Å². The molecule has 0 atom stereocenters. The second kappa shape index (κ2) is 4.14. The highest BCUT2D eigenvalue weighted by molar-refractivity contribution is 9.10. The quantitative estimate of drug-likeness (QED) is 0.880. The van der Waals surface area contributed by atoms with E-state index in [0.29, 0.717) is 10.3 Å². The van der Waals surface area contributed by atoms with Gasteiger partial charge in [-0.1, -0.05) is 20.8 Å². The summed E-state index contributed by atoms with van der Waals surface area (Å²) in [5, 5.41) is 0. The summed E-state index contributed by atoms with van der Waals surface area (Å²) in [6, 6.07) is 1.76. The monoisotopic (exact) mass is 296 g/mol. The van der Waals surface area contributed by atoms with E-state index in [1.54, 1.807) is 18.6 Å². The third-order valence-electron chi connectivity index (χ3n) is 2.37. The van der Waals surface area contributed by atoms with Gasteiger partial charge in [-0.2, -0.15) is 0 Å². The molecule has 0 saturated carbocycles. The van der Waals surface area contributed by atoms with Crippen molar-refractivity contribution in [2.45, 2.75) is 26.2 Å². The molecule has 0 aliphatic carbocycles. The van der Waals surface area contributed by atoms with E-state index >= 15 is 0 Å². The Kier molecular flexibility index (Phi) is 2.95. The van der Waals surface area contributed by atoms with Gasteiger partial charge in [0.05, 0.1) is 17.5 Å². The Hall–Kier alpha value is -1.36. The first-order valence-electron chi connectivity index (χ1n) is 5.22. The fourth-order valence-electron chi connectivity index (χ4n) is 1.49. The molecule has 2 heterocycles. The Morgan fingerprint density at radius 3 is 2.65 bits per heavy atom. The Morgan fingerprint density at radius 1 is 1.41 bits per heavy atom. The zero-order valence-electron chi connectivity index (χ0n) is 9.87. The van der Waals surface area contributed by atoms with Crippen molar-refractivity contribution in [2.75, 3.05) is 0 Å². The fraction of sp³-hybridized carbons (Fsp3) is 0.333. The van der Waals surface area contributed by atoms with Crippen LogP contribution in [0.3, 0.4) is 0 Å². The molecular formula is C12H13BrN2O2. The second-order valence-corrected chi connectivity index (χ2v) is 5.63. The van der Waals surface area contributed by atoms with Crippen molar-refractivity contribution in [3.05, 3.63) is 39.1 Å². The van der Waals surface area contributed by atoms with Gasteiger partial charge in [-0.05, 0) is 22.0 Å². The molecule has 0 fully saturated rings. The number of furan rings is 1. The van der Waals surface area contributed by atoms with Crippen LogP contribution in [0.5, 0.6) is 0 Å². The maximum atomic E-state index is 11.8. The van der Waals surface area contributed by atoms with E-state index in [-0.39, 0.29) is 11.0 Å². The number of rotatable bonds is 1. The van der Waals surface area contributed by atoms with Gasteiger partial charge in [0.2, 0.25) is 0 Å². The lowest BCUT2D eigenvalue weighted by Gasteiger charge is -2.19. The number of nitrogens with zero attached hydrogens (tertiary/aromatic N) is 1. The van der Waals surface area contributed by atoms with Gasteiger partial charge in [0.15, 0.2) is 0 Å². The maximum Gasteiger partial charge on any atom is 0.265 e. The van der Waals surface area contributed by atoms with Crippen LogP contribution in [0.25, 0.3) is 11.4 Å². The molecule has 1 N–H and O–H groups in total. The van der Waals surface area contributed by atoms with Gasteiger partial charge < -0.3 is 9.40 Å². The molecule has 0 unspecified atom stereocenters. The molecule has 2 aromatic heterocycles. The number of halogens is 1. The molecule has 0 radical (unpaired) electrons. The van der Waals surface area contributed by atoms with Crippen LogP contribution in [0.15, 0.2) is 32.3 Å². The summed E-state index contributed by atoms with van der Waals surface area (Å²) in [5.41, 5.74) is 1.12. The molecule has 90 valence electrons. The Labute approximate surface area is 107 Å². The van der Waals surface area contributed by atoms with E-state index < -0.39 is 0 Å². The largest absolute Gasteiger partial charge is 0.472 e. The Morgan fingerprint density at radius 2 is 2.12 bits per heavy atom. The van der Waals surface area contributed by atoms with Crippen molar-refractivity contribution in [1.29, 1.82) is 0 Å². The lowest BCUT2D eigenvalue weighted by atomic mass is 9.92. The molecule has 0 bridgehead atoms. The van der Waals surface area contributed by atoms with E-state index in [9.17, 15) is 4.79 Å². The van der Waals surface area contributed by atoms with Crippen LogP contribution in [-0.4, -0.2) is 9.97 Å². The molecule has 17 heavy (non-hydrogen) atoms. The van der Waals surface area contributed by atoms with Crippen molar-refractivity contribution in [3.8, 4) is 11.4 Å². The van der Waals surface area contributed by atoms with Gasteiger partial charge in [-0.3, -0.25) is 4.79 Å². The van der Waals surface area contributed by atoms with E-state index in [0.717, 1.165) is 11.3 Å². The van der Waals surface area contributed by atoms with Gasteiger partial charge in [0, 0.05) is 5.41 Å². The lowest BCUT2D eigenvalue weighted by molar-refractivity contribution is 0.560. The minimum absolute atomic E-state index is 0.180. The molecule has 2 aromatic rings. The SMILES string of the molecule is CC(C)(C)c1nc(-c2ccoc2)[nH]c(=O)c1Br. The summed E-state index contributed by atoms with van der Waals surface area (Å²) in [5.74, 6) is 0.525. The average molecular weight is 297 g/mol. The summed E-state index contributed by atoms with van der Waals surface area (Å²) in [4.78, 5) is 19.0. The van der Waals surface area contributed by atoms with Crippen LogP contribution in [0, 0.1) is 0 Å². The molecule has 0 spiro atoms. The molecule has 0 saturated heterocycles. The predicted octanol–water partition coefficient (Wildman–Crippen LogP) is 3.09. The topological polar surface area (TPSA) is 58.9 Å². The van der Waals surface area contributed by atoms with Gasteiger partial charge in [-0.15, -0.1) is 0 Å². The van der Waals surface area contributed by atoms with Crippen LogP contribution >= 0.6 is 15.9 Å². The summed E-state index contributed by atoms with van der Waals surface area (Å²) >= 11 is 3.28. The minimum Gasteiger partial charge on any atom is -0.472 e. The number of hydrogen-bond donors (Lipinski definition) is 1. The van der Waals surface area contributed by atoms with Crippen molar-refractivity contribution in [2.24, 2.45) is 0 Å². The maximum absolute atomic E-state index is 11.8. The standard InChI is InChI=1S/C12H13BrN2O2/c1-12(2,3)9-8(13)11(16)15-10(14-9)7-4-5-17-6-7/h4-6H,1-3H3,(H,14,15,16). The van der Waals surface area contributed by atoms with Crippen molar-refractivity contribution < 1.29 is 4.42 Å². The fourth-order valence-corrected chi connectivity index (χ4v) is 2.27. The summed E-state index contributed by atoms with van der Waals surface area (Å²) < 4.78 is 5.47. The Balaban J connectivity index is 2.67. The molecule has 0 amide bonds. The number of aromatic nitrogens is 2. The summed E-state index contributed by atoms with van der Waals surface area (Å²) in [6.45, 7) is 6.04. The number of H-pyrrole nitrogens is 1. The number of hydrogen-bond acceptors (Lipinski definition) is 3. The van der Waals surface area contributed by atoms with E-state index in [2.05, 4.69) is 25.9 Å². The normalized spacial score (nSPS) is 11.8. The van der Waals surface area contributed by atoms with Crippen LogP contribution in [0.4, 0.5) is 0 Å². The van der Waals surface area contributed by atoms with Crippen LogP contribution in [0.2, 0.25) is 0 Å². The first-order valence-corrected chi connectivity index (χ1v) is 6.02. The van der Waals surface area contributed by atoms with Crippen LogP contribution < -0.4 is 5.56 Å². The minimum atomic E-state index is -0.203. The number of nitrogens with one attached hydrogen (secondary N) is 1. The second-order valence-electron chi connectivity index (χ2n) is 4.84. The first-order chi connectivity index (χ1) is 7.89. The molecule has 2 rings (SSSR count). The van der Waals surface area contributed by atoms with Crippen molar-refractivity contribution in [3.63, 3.8) is 0 Å². The van der Waals surface area contributed by atoms with Crippen molar-refractivity contribution in [1.82, 2.24) is 9.97 Å². The molecule has 5 heteroatoms. The Bertz CT molecular complexity index is 580. The summed E-state index contributed by atoms with van der Waals surface area (Å²) in [7, 11) is 0. The highest BCUT2D eigenvalue weighted by Crippen LogP contribution is 2.27. The highest BCUT2D eigenvalue weighted by atomic mass is 79.9. The molecule has 0 aliphatic heterocycles. The van der Waals surface area contributed by atoms with Gasteiger partial charge in [0.25, 0.3) is 5.56 Å². The predicted molar refractivity (Wildman–Crippen MR) is 69.0 cm³/mol. The van der Waals surface area contributed by atoms with Crippen molar-refractivity contribution >= 4 is 15.9 Å². The average Bonchev–Trinajstić information content (AvgIpc) is 2.73. The van der Waals surface area contributed by atoms with Gasteiger partial charge in [-0.25, -0.2) is 4.98 Å².